The summed E-state index contributed by atoms with van der Waals surface area (Å²) in [6.45, 7) is 1.96. The number of morpholine rings is 1. The Morgan fingerprint density at radius 1 is 1.04 bits per heavy atom. The molecule has 1 aromatic heterocycles. The predicted molar refractivity (Wildman–Crippen MR) is 110 cm³/mol. The van der Waals surface area contributed by atoms with Crippen LogP contribution in [0.1, 0.15) is 11.7 Å². The van der Waals surface area contributed by atoms with Crippen molar-refractivity contribution >= 4 is 39.8 Å². The Morgan fingerprint density at radius 2 is 1.75 bits per heavy atom. The lowest BCUT2D eigenvalue weighted by Gasteiger charge is -2.35. The second-order valence-electron chi connectivity index (χ2n) is 6.46. The Kier molecular flexibility index (Phi) is 5.44. The molecule has 2 heterocycles. The first-order valence-corrected chi connectivity index (χ1v) is 9.54. The van der Waals surface area contributed by atoms with E-state index in [4.69, 9.17) is 37.4 Å². The van der Waals surface area contributed by atoms with Gasteiger partial charge in [0, 0.05) is 34.6 Å². The van der Waals surface area contributed by atoms with Crippen molar-refractivity contribution in [1.29, 1.82) is 0 Å². The van der Waals surface area contributed by atoms with Gasteiger partial charge in [0.05, 0.1) is 38.2 Å². The lowest BCUT2D eigenvalue weighted by molar-refractivity contribution is 0.0399. The zero-order valence-electron chi connectivity index (χ0n) is 15.5. The highest BCUT2D eigenvalue weighted by atomic mass is 35.5. The minimum atomic E-state index is -0.145. The number of benzene rings is 2. The van der Waals surface area contributed by atoms with Gasteiger partial charge in [0.1, 0.15) is 6.10 Å². The summed E-state index contributed by atoms with van der Waals surface area (Å²) in [6, 6.07) is 9.25. The topological polar surface area (TPSA) is 56.7 Å². The Labute approximate surface area is 172 Å². The highest BCUT2D eigenvalue weighted by Crippen LogP contribution is 2.37. The lowest BCUT2D eigenvalue weighted by Crippen LogP contribution is -2.38. The molecule has 0 radical (unpaired) electrons. The van der Waals surface area contributed by atoms with Gasteiger partial charge < -0.3 is 19.1 Å². The maximum absolute atomic E-state index is 6.17. The first-order valence-electron chi connectivity index (χ1n) is 8.79. The van der Waals surface area contributed by atoms with Crippen molar-refractivity contribution in [2.24, 2.45) is 0 Å². The third kappa shape index (κ3) is 3.68. The van der Waals surface area contributed by atoms with Crippen molar-refractivity contribution in [1.82, 2.24) is 10.2 Å². The summed E-state index contributed by atoms with van der Waals surface area (Å²) in [5, 5.41) is 10.5. The van der Waals surface area contributed by atoms with Crippen LogP contribution in [-0.2, 0) is 4.74 Å². The molecular weight excluding hydrogens is 401 g/mol. The maximum Gasteiger partial charge on any atom is 0.162 e. The van der Waals surface area contributed by atoms with Crippen LogP contribution >= 0.6 is 23.2 Å². The zero-order valence-corrected chi connectivity index (χ0v) is 17.0. The largest absolute Gasteiger partial charge is 0.493 e. The van der Waals surface area contributed by atoms with Gasteiger partial charge >= 0.3 is 0 Å². The molecule has 0 amide bonds. The smallest absolute Gasteiger partial charge is 0.162 e. The summed E-state index contributed by atoms with van der Waals surface area (Å²) in [4.78, 5) is 2.23. The highest BCUT2D eigenvalue weighted by Gasteiger charge is 2.25. The van der Waals surface area contributed by atoms with E-state index >= 15 is 0 Å². The molecule has 0 aliphatic carbocycles. The van der Waals surface area contributed by atoms with Gasteiger partial charge in [-0.25, -0.2) is 0 Å². The fraction of sp³-hybridized carbons (Fsp3) is 0.300. The van der Waals surface area contributed by atoms with Crippen molar-refractivity contribution in [2.75, 3.05) is 38.8 Å². The van der Waals surface area contributed by atoms with Crippen molar-refractivity contribution in [2.45, 2.75) is 6.10 Å². The van der Waals surface area contributed by atoms with Crippen LogP contribution in [0.15, 0.2) is 36.5 Å². The van der Waals surface area contributed by atoms with E-state index in [0.717, 1.165) is 28.7 Å². The normalized spacial score (nSPS) is 17.0. The predicted octanol–water partition coefficient (Wildman–Crippen LogP) is 4.53. The number of hydrogen-bond acceptors (Lipinski definition) is 6. The van der Waals surface area contributed by atoms with Crippen molar-refractivity contribution in [3.8, 4) is 11.5 Å². The molecule has 2 aromatic carbocycles. The Bertz CT molecular complexity index is 995. The number of fused-ring (bicyclic) bond motifs is 1. The van der Waals surface area contributed by atoms with Gasteiger partial charge in [0.25, 0.3) is 0 Å². The van der Waals surface area contributed by atoms with Crippen LogP contribution < -0.4 is 14.4 Å². The highest BCUT2D eigenvalue weighted by molar-refractivity contribution is 6.34. The lowest BCUT2D eigenvalue weighted by atomic mass is 10.1. The third-order valence-corrected chi connectivity index (χ3v) is 5.22. The Morgan fingerprint density at radius 3 is 2.46 bits per heavy atom. The monoisotopic (exact) mass is 419 g/mol. The maximum atomic E-state index is 6.17. The van der Waals surface area contributed by atoms with Crippen molar-refractivity contribution in [3.63, 3.8) is 0 Å². The number of ether oxygens (including phenoxy) is 3. The summed E-state index contributed by atoms with van der Waals surface area (Å²) in [5.74, 6) is 1.27. The summed E-state index contributed by atoms with van der Waals surface area (Å²) >= 11 is 12.3. The fourth-order valence-corrected chi connectivity index (χ4v) is 4.00. The quantitative estimate of drug-likeness (QED) is 0.618. The standard InChI is InChI=1S/C20H19Cl2N3O3/c1-26-18-8-15-16(9-19(18)27-2)24-23-10-17(15)25-3-4-28-20(11-25)12-5-13(21)7-14(22)6-12/h5-10,20H,3-4,11H2,1-2H3. The first-order chi connectivity index (χ1) is 13.6. The third-order valence-electron chi connectivity index (χ3n) is 4.79. The molecule has 1 aliphatic rings. The van der Waals surface area contributed by atoms with Crippen LogP contribution in [0.4, 0.5) is 5.69 Å². The van der Waals surface area contributed by atoms with Crippen molar-refractivity contribution < 1.29 is 14.2 Å². The van der Waals surface area contributed by atoms with E-state index in [0.29, 0.717) is 34.7 Å². The summed E-state index contributed by atoms with van der Waals surface area (Å²) < 4.78 is 16.8. The van der Waals surface area contributed by atoms with Crippen molar-refractivity contribution in [3.05, 3.63) is 52.1 Å². The van der Waals surface area contributed by atoms with Crippen LogP contribution in [0, 0.1) is 0 Å². The van der Waals surface area contributed by atoms with Crippen LogP contribution in [0.3, 0.4) is 0 Å². The number of rotatable bonds is 4. The molecule has 0 saturated carbocycles. The van der Waals surface area contributed by atoms with Crippen LogP contribution in [0.25, 0.3) is 10.9 Å². The number of methoxy groups -OCH3 is 2. The van der Waals surface area contributed by atoms with Crippen LogP contribution in [-0.4, -0.2) is 44.1 Å². The van der Waals surface area contributed by atoms with E-state index in [1.54, 1.807) is 26.5 Å². The van der Waals surface area contributed by atoms with Gasteiger partial charge in [-0.15, -0.1) is 0 Å². The Balaban J connectivity index is 1.71. The second kappa shape index (κ2) is 7.99. The second-order valence-corrected chi connectivity index (χ2v) is 7.34. The molecule has 1 unspecified atom stereocenters. The summed E-state index contributed by atoms with van der Waals surface area (Å²) in [5.41, 5.74) is 2.66. The molecule has 1 fully saturated rings. The molecule has 0 bridgehead atoms. The minimum Gasteiger partial charge on any atom is -0.493 e. The Hall–Kier alpha value is -2.28. The summed E-state index contributed by atoms with van der Waals surface area (Å²) in [6.07, 6.45) is 1.62. The molecule has 6 nitrogen and oxygen atoms in total. The number of anilines is 1. The molecule has 1 atom stereocenters. The number of nitrogens with zero attached hydrogens (tertiary/aromatic N) is 3. The molecule has 3 aromatic rings. The average Bonchev–Trinajstić information content (AvgIpc) is 2.71. The van der Waals surface area contributed by atoms with Gasteiger partial charge in [-0.1, -0.05) is 23.2 Å². The van der Waals surface area contributed by atoms with Gasteiger partial charge in [0.2, 0.25) is 0 Å². The van der Waals surface area contributed by atoms with E-state index < -0.39 is 0 Å². The van der Waals surface area contributed by atoms with Crippen LogP contribution in [0.5, 0.6) is 11.5 Å². The van der Waals surface area contributed by atoms with Gasteiger partial charge in [0.15, 0.2) is 11.5 Å². The molecular formula is C20H19Cl2N3O3. The van der Waals surface area contributed by atoms with Gasteiger partial charge in [-0.3, -0.25) is 0 Å². The number of aromatic nitrogens is 2. The minimum absolute atomic E-state index is 0.145. The van der Waals surface area contributed by atoms with E-state index in [9.17, 15) is 0 Å². The fourth-order valence-electron chi connectivity index (χ4n) is 3.45. The van der Waals surface area contributed by atoms with Crippen LogP contribution in [0.2, 0.25) is 10.0 Å². The molecule has 1 aliphatic heterocycles. The average molecular weight is 420 g/mol. The molecule has 4 rings (SSSR count). The number of hydrogen-bond donors (Lipinski definition) is 0. The van der Waals surface area contributed by atoms with E-state index in [-0.39, 0.29) is 6.10 Å². The molecule has 0 N–H and O–H groups in total. The summed E-state index contributed by atoms with van der Waals surface area (Å²) in [7, 11) is 3.22. The molecule has 0 spiro atoms. The van der Waals surface area contributed by atoms with E-state index in [1.807, 2.05) is 24.3 Å². The molecule has 28 heavy (non-hydrogen) atoms. The number of halogens is 2. The van der Waals surface area contributed by atoms with Gasteiger partial charge in [-0.2, -0.15) is 10.2 Å². The molecule has 8 heteroatoms. The van der Waals surface area contributed by atoms with E-state index in [2.05, 4.69) is 15.1 Å². The SMILES string of the molecule is COc1cc2nncc(N3CCOC(c4cc(Cl)cc(Cl)c4)C3)c2cc1OC. The first kappa shape index (κ1) is 19.1. The van der Waals surface area contributed by atoms with Gasteiger partial charge in [-0.05, 0) is 29.8 Å². The van der Waals surface area contributed by atoms with E-state index in [1.165, 1.54) is 0 Å². The molecule has 1 saturated heterocycles. The zero-order chi connectivity index (χ0) is 19.7. The molecule has 146 valence electrons.